The van der Waals surface area contributed by atoms with E-state index < -0.39 is 0 Å². The minimum absolute atomic E-state index is 0.201. The number of aromatic nitrogens is 3. The Kier molecular flexibility index (Phi) is 2.43. The molecule has 21 heavy (non-hydrogen) atoms. The van der Waals surface area contributed by atoms with Crippen LogP contribution in [0.2, 0.25) is 0 Å². The lowest BCUT2D eigenvalue weighted by atomic mass is 10.0. The Bertz CT molecular complexity index is 969. The molecule has 0 fully saturated rings. The third kappa shape index (κ3) is 1.69. The molecule has 4 N–H and O–H groups in total. The van der Waals surface area contributed by atoms with Crippen LogP contribution in [0.25, 0.3) is 32.9 Å². The third-order valence-corrected chi connectivity index (χ3v) is 4.40. The quantitative estimate of drug-likeness (QED) is 0.565. The van der Waals surface area contributed by atoms with Crippen LogP contribution in [-0.4, -0.2) is 14.5 Å². The molecule has 5 nitrogen and oxygen atoms in total. The van der Waals surface area contributed by atoms with Crippen LogP contribution in [0, 0.1) is 0 Å². The summed E-state index contributed by atoms with van der Waals surface area (Å²) in [6, 6.07) is 6.24. The van der Waals surface area contributed by atoms with E-state index in [1.165, 1.54) is 0 Å². The fourth-order valence-corrected chi connectivity index (χ4v) is 3.39. The van der Waals surface area contributed by atoms with Crippen molar-refractivity contribution in [2.75, 3.05) is 11.5 Å². The highest BCUT2D eigenvalue weighted by molar-refractivity contribution is 7.08. The lowest BCUT2D eigenvalue weighted by molar-refractivity contribution is 0.969. The minimum atomic E-state index is 0.201. The summed E-state index contributed by atoms with van der Waals surface area (Å²) < 4.78 is 2.07. The Morgan fingerprint density at radius 2 is 2.05 bits per heavy atom. The topological polar surface area (TPSA) is 82.8 Å². The highest BCUT2D eigenvalue weighted by Crippen LogP contribution is 2.37. The minimum Gasteiger partial charge on any atom is -0.383 e. The van der Waals surface area contributed by atoms with E-state index in [1.807, 2.05) is 24.7 Å². The van der Waals surface area contributed by atoms with Crippen LogP contribution in [0.5, 0.6) is 0 Å². The van der Waals surface area contributed by atoms with Crippen molar-refractivity contribution in [2.24, 2.45) is 7.05 Å². The van der Waals surface area contributed by atoms with Gasteiger partial charge in [0.1, 0.15) is 5.82 Å². The van der Waals surface area contributed by atoms with E-state index in [1.54, 1.807) is 11.3 Å². The molecule has 0 bridgehead atoms. The first-order chi connectivity index (χ1) is 10.1. The van der Waals surface area contributed by atoms with Crippen LogP contribution in [0.4, 0.5) is 11.8 Å². The number of nitrogens with zero attached hydrogens (tertiary/aromatic N) is 3. The maximum atomic E-state index is 6.12. The molecular weight excluding hydrogens is 282 g/mol. The van der Waals surface area contributed by atoms with Crippen molar-refractivity contribution in [1.82, 2.24) is 14.5 Å². The summed E-state index contributed by atoms with van der Waals surface area (Å²) in [7, 11) is 2.01. The molecule has 4 aromatic rings. The molecular formula is C15H13N5S. The van der Waals surface area contributed by atoms with Gasteiger partial charge in [0.25, 0.3) is 0 Å². The summed E-state index contributed by atoms with van der Waals surface area (Å²) in [5, 5.41) is 6.05. The molecule has 3 aromatic heterocycles. The first-order valence-electron chi connectivity index (χ1n) is 6.48. The Morgan fingerprint density at radius 3 is 2.81 bits per heavy atom. The van der Waals surface area contributed by atoms with Crippen LogP contribution in [0.3, 0.4) is 0 Å². The largest absolute Gasteiger partial charge is 0.383 e. The predicted molar refractivity (Wildman–Crippen MR) is 88.2 cm³/mol. The smallest absolute Gasteiger partial charge is 0.222 e. The fraction of sp³-hybridized carbons (Fsp3) is 0.0667. The van der Waals surface area contributed by atoms with Gasteiger partial charge in [-0.25, -0.2) is 4.98 Å². The number of fused-ring (bicyclic) bond motifs is 3. The molecule has 0 aliphatic carbocycles. The highest BCUT2D eigenvalue weighted by Gasteiger charge is 2.15. The summed E-state index contributed by atoms with van der Waals surface area (Å²) in [5.41, 5.74) is 16.0. The van der Waals surface area contributed by atoms with Gasteiger partial charge >= 0.3 is 0 Å². The number of thiophene rings is 1. The number of anilines is 2. The number of nitrogen functional groups attached to an aromatic ring is 2. The maximum Gasteiger partial charge on any atom is 0.222 e. The van der Waals surface area contributed by atoms with Crippen molar-refractivity contribution >= 4 is 44.9 Å². The average molecular weight is 295 g/mol. The lowest BCUT2D eigenvalue weighted by Crippen LogP contribution is -2.02. The molecule has 1 aromatic carbocycles. The third-order valence-electron chi connectivity index (χ3n) is 3.71. The average Bonchev–Trinajstić information content (AvgIpc) is 3.07. The van der Waals surface area contributed by atoms with Crippen LogP contribution >= 0.6 is 11.3 Å². The second-order valence-corrected chi connectivity index (χ2v) is 5.77. The number of hydrogen-bond acceptors (Lipinski definition) is 5. The number of aryl methyl sites for hydroxylation is 1. The SMILES string of the molecule is Cn1ccc2c3c(N)nc(N)nc3c(-c3ccsc3)cc21. The Morgan fingerprint density at radius 1 is 1.19 bits per heavy atom. The highest BCUT2D eigenvalue weighted by atomic mass is 32.1. The monoisotopic (exact) mass is 295 g/mol. The van der Waals surface area contributed by atoms with E-state index >= 15 is 0 Å². The molecule has 0 saturated carbocycles. The molecule has 0 unspecified atom stereocenters. The number of nitrogens with two attached hydrogens (primary N) is 2. The molecule has 0 saturated heterocycles. The molecule has 4 rings (SSSR count). The molecule has 104 valence electrons. The molecule has 6 heteroatoms. The normalized spacial score (nSPS) is 11.5. The molecule has 0 amide bonds. The van der Waals surface area contributed by atoms with Crippen LogP contribution in [0.15, 0.2) is 35.2 Å². The number of hydrogen-bond donors (Lipinski definition) is 2. The van der Waals surface area contributed by atoms with E-state index in [0.29, 0.717) is 5.82 Å². The van der Waals surface area contributed by atoms with Gasteiger partial charge in [-0.15, -0.1) is 0 Å². The molecule has 0 atom stereocenters. The van der Waals surface area contributed by atoms with Gasteiger partial charge in [-0.2, -0.15) is 16.3 Å². The zero-order valence-electron chi connectivity index (χ0n) is 11.4. The van der Waals surface area contributed by atoms with Crippen molar-refractivity contribution in [3.8, 4) is 11.1 Å². The Balaban J connectivity index is 2.28. The van der Waals surface area contributed by atoms with E-state index in [4.69, 9.17) is 11.5 Å². The van der Waals surface area contributed by atoms with Crippen molar-refractivity contribution in [3.63, 3.8) is 0 Å². The van der Waals surface area contributed by atoms with Gasteiger partial charge in [0.05, 0.1) is 10.9 Å². The molecule has 0 aliphatic heterocycles. The second kappa shape index (κ2) is 4.20. The van der Waals surface area contributed by atoms with Crippen molar-refractivity contribution in [3.05, 3.63) is 35.2 Å². The summed E-state index contributed by atoms with van der Waals surface area (Å²) in [6.07, 6.45) is 2.01. The standard InChI is InChI=1S/C15H13N5S/c1-20-4-2-9-11(20)6-10(8-3-5-21-7-8)13-12(9)14(16)19-15(17)18-13/h2-7H,1H3,(H4,16,17,18,19). The number of benzene rings is 1. The first kappa shape index (κ1) is 12.2. The Hall–Kier alpha value is -2.60. The van der Waals surface area contributed by atoms with Crippen molar-refractivity contribution in [1.29, 1.82) is 0 Å². The first-order valence-corrected chi connectivity index (χ1v) is 7.43. The van der Waals surface area contributed by atoms with Gasteiger partial charge in [-0.1, -0.05) is 0 Å². The summed E-state index contributed by atoms with van der Waals surface area (Å²) in [6.45, 7) is 0. The van der Waals surface area contributed by atoms with E-state index in [0.717, 1.165) is 32.9 Å². The van der Waals surface area contributed by atoms with Gasteiger partial charge < -0.3 is 16.0 Å². The predicted octanol–water partition coefficient (Wildman–Crippen LogP) is 3.01. The van der Waals surface area contributed by atoms with Gasteiger partial charge in [0.15, 0.2) is 0 Å². The van der Waals surface area contributed by atoms with Gasteiger partial charge in [-0.3, -0.25) is 0 Å². The van der Waals surface area contributed by atoms with Crippen LogP contribution in [0.1, 0.15) is 0 Å². The van der Waals surface area contributed by atoms with Crippen molar-refractivity contribution in [2.45, 2.75) is 0 Å². The molecule has 0 aliphatic rings. The summed E-state index contributed by atoms with van der Waals surface area (Å²) in [4.78, 5) is 8.56. The zero-order chi connectivity index (χ0) is 14.6. The molecule has 3 heterocycles. The molecule has 0 radical (unpaired) electrons. The van der Waals surface area contributed by atoms with Crippen molar-refractivity contribution < 1.29 is 0 Å². The van der Waals surface area contributed by atoms with E-state index in [-0.39, 0.29) is 5.95 Å². The Labute approximate surface area is 124 Å². The van der Waals surface area contributed by atoms with Gasteiger partial charge in [0, 0.05) is 29.7 Å². The fourth-order valence-electron chi connectivity index (χ4n) is 2.73. The van der Waals surface area contributed by atoms with Crippen LogP contribution < -0.4 is 11.5 Å². The summed E-state index contributed by atoms with van der Waals surface area (Å²) in [5.74, 6) is 0.623. The van der Waals surface area contributed by atoms with Crippen LogP contribution in [-0.2, 0) is 7.05 Å². The van der Waals surface area contributed by atoms with E-state index in [2.05, 4.69) is 32.0 Å². The molecule has 0 spiro atoms. The lowest BCUT2D eigenvalue weighted by Gasteiger charge is -2.10. The maximum absolute atomic E-state index is 6.12. The van der Waals surface area contributed by atoms with Gasteiger partial charge in [-0.05, 0) is 34.5 Å². The summed E-state index contributed by atoms with van der Waals surface area (Å²) >= 11 is 1.65. The van der Waals surface area contributed by atoms with E-state index in [9.17, 15) is 0 Å². The number of rotatable bonds is 1. The second-order valence-electron chi connectivity index (χ2n) is 4.99. The zero-order valence-corrected chi connectivity index (χ0v) is 12.2. The van der Waals surface area contributed by atoms with Gasteiger partial charge in [0.2, 0.25) is 5.95 Å².